The predicted molar refractivity (Wildman–Crippen MR) is 86.6 cm³/mol. The van der Waals surface area contributed by atoms with Gasteiger partial charge in [0.2, 0.25) is 5.91 Å². The lowest BCUT2D eigenvalue weighted by molar-refractivity contribution is -0.122. The van der Waals surface area contributed by atoms with Crippen molar-refractivity contribution in [2.75, 3.05) is 13.2 Å². The first kappa shape index (κ1) is 16.5. The topological polar surface area (TPSA) is 83.2 Å². The Balaban J connectivity index is 1.49. The maximum atomic E-state index is 12.2. The Morgan fingerprint density at radius 1 is 1.46 bits per heavy atom. The highest BCUT2D eigenvalue weighted by Crippen LogP contribution is 2.16. The minimum atomic E-state index is -0.194. The fourth-order valence-corrected chi connectivity index (χ4v) is 2.71. The fourth-order valence-electron chi connectivity index (χ4n) is 2.71. The van der Waals surface area contributed by atoms with Crippen molar-refractivity contribution in [3.8, 4) is 5.75 Å². The lowest BCUT2D eigenvalue weighted by Crippen LogP contribution is -2.45. The molecule has 2 aromatic heterocycles. The molecule has 0 aliphatic carbocycles. The first-order valence-corrected chi connectivity index (χ1v) is 8.19. The van der Waals surface area contributed by atoms with Crippen molar-refractivity contribution < 1.29 is 14.3 Å². The van der Waals surface area contributed by atoms with Crippen LogP contribution in [0, 0.1) is 0 Å². The molecule has 130 valence electrons. The minimum absolute atomic E-state index is 0.00967. The van der Waals surface area contributed by atoms with Gasteiger partial charge in [0.15, 0.2) is 5.75 Å². The number of carbonyl (C=O) groups excluding carboxylic acids is 1. The van der Waals surface area contributed by atoms with Crippen LogP contribution in [-0.4, -0.2) is 50.8 Å². The number of amides is 1. The number of aromatic nitrogens is 4. The molecule has 1 saturated heterocycles. The van der Waals surface area contributed by atoms with Gasteiger partial charge in [-0.3, -0.25) is 14.2 Å². The van der Waals surface area contributed by atoms with Crippen molar-refractivity contribution in [3.05, 3.63) is 30.4 Å². The Morgan fingerprint density at radius 3 is 3.04 bits per heavy atom. The van der Waals surface area contributed by atoms with Crippen molar-refractivity contribution in [1.29, 1.82) is 0 Å². The SMILES string of the molecule is CCn1cc(O[C@@H]2COC[C@@H]2NC(=O)CCc2ccnn2C)cn1. The van der Waals surface area contributed by atoms with E-state index < -0.39 is 0 Å². The molecule has 0 spiro atoms. The van der Waals surface area contributed by atoms with Gasteiger partial charge < -0.3 is 14.8 Å². The van der Waals surface area contributed by atoms with Gasteiger partial charge >= 0.3 is 0 Å². The fraction of sp³-hybridized carbons (Fsp3) is 0.562. The van der Waals surface area contributed by atoms with Crippen LogP contribution in [0.25, 0.3) is 0 Å². The molecule has 1 aliphatic rings. The normalized spacial score (nSPS) is 20.2. The Kier molecular flexibility index (Phi) is 5.14. The van der Waals surface area contributed by atoms with Gasteiger partial charge in [-0.05, 0) is 19.4 Å². The lowest BCUT2D eigenvalue weighted by Gasteiger charge is -2.19. The number of ether oxygens (including phenoxy) is 2. The van der Waals surface area contributed by atoms with Crippen LogP contribution >= 0.6 is 0 Å². The number of aryl methyl sites for hydroxylation is 3. The summed E-state index contributed by atoms with van der Waals surface area (Å²) >= 11 is 0. The Bertz CT molecular complexity index is 681. The van der Waals surface area contributed by atoms with Crippen molar-refractivity contribution in [2.24, 2.45) is 7.05 Å². The van der Waals surface area contributed by atoms with Crippen molar-refractivity contribution >= 4 is 5.91 Å². The summed E-state index contributed by atoms with van der Waals surface area (Å²) in [5, 5.41) is 11.3. The third-order valence-corrected chi connectivity index (χ3v) is 4.13. The van der Waals surface area contributed by atoms with E-state index in [0.29, 0.717) is 31.8 Å². The number of rotatable bonds is 7. The van der Waals surface area contributed by atoms with Gasteiger partial charge in [-0.25, -0.2) is 0 Å². The summed E-state index contributed by atoms with van der Waals surface area (Å²) in [6.45, 7) is 3.73. The molecule has 1 fully saturated rings. The maximum absolute atomic E-state index is 12.2. The molecule has 0 aromatic carbocycles. The molecule has 8 heteroatoms. The first-order chi connectivity index (χ1) is 11.7. The Morgan fingerprint density at radius 2 is 2.33 bits per heavy atom. The van der Waals surface area contributed by atoms with Crippen LogP contribution in [0.15, 0.2) is 24.7 Å². The smallest absolute Gasteiger partial charge is 0.220 e. The van der Waals surface area contributed by atoms with Gasteiger partial charge in [-0.15, -0.1) is 0 Å². The number of nitrogens with one attached hydrogen (secondary N) is 1. The molecule has 3 heterocycles. The van der Waals surface area contributed by atoms with E-state index in [4.69, 9.17) is 9.47 Å². The van der Waals surface area contributed by atoms with E-state index >= 15 is 0 Å². The van der Waals surface area contributed by atoms with Gasteiger partial charge in [0.05, 0.1) is 31.6 Å². The molecule has 2 aromatic rings. The number of carbonyl (C=O) groups is 1. The highest BCUT2D eigenvalue weighted by atomic mass is 16.5. The largest absolute Gasteiger partial charge is 0.482 e. The van der Waals surface area contributed by atoms with Crippen LogP contribution in [-0.2, 0) is 29.5 Å². The van der Waals surface area contributed by atoms with Crippen LogP contribution in [0.2, 0.25) is 0 Å². The summed E-state index contributed by atoms with van der Waals surface area (Å²) in [5.74, 6) is 0.686. The van der Waals surface area contributed by atoms with Gasteiger partial charge in [0.1, 0.15) is 6.10 Å². The van der Waals surface area contributed by atoms with Crippen molar-refractivity contribution in [1.82, 2.24) is 24.9 Å². The summed E-state index contributed by atoms with van der Waals surface area (Å²) < 4.78 is 14.9. The number of hydrogen-bond acceptors (Lipinski definition) is 5. The Labute approximate surface area is 140 Å². The Hall–Kier alpha value is -2.35. The zero-order valence-electron chi connectivity index (χ0n) is 14.0. The van der Waals surface area contributed by atoms with Crippen LogP contribution in [0.3, 0.4) is 0 Å². The quantitative estimate of drug-likeness (QED) is 0.799. The van der Waals surface area contributed by atoms with Crippen LogP contribution in [0.5, 0.6) is 5.75 Å². The molecule has 0 unspecified atom stereocenters. The van der Waals surface area contributed by atoms with E-state index in [-0.39, 0.29) is 18.1 Å². The third kappa shape index (κ3) is 3.94. The van der Waals surface area contributed by atoms with Gasteiger partial charge in [-0.1, -0.05) is 0 Å². The second-order valence-corrected chi connectivity index (χ2v) is 5.85. The highest BCUT2D eigenvalue weighted by molar-refractivity contribution is 5.76. The van der Waals surface area contributed by atoms with Crippen molar-refractivity contribution in [2.45, 2.75) is 38.5 Å². The summed E-state index contributed by atoms with van der Waals surface area (Å²) in [4.78, 5) is 12.2. The number of hydrogen-bond donors (Lipinski definition) is 1. The monoisotopic (exact) mass is 333 g/mol. The van der Waals surface area contributed by atoms with Crippen LogP contribution in [0.4, 0.5) is 0 Å². The summed E-state index contributed by atoms with van der Waals surface area (Å²) in [7, 11) is 1.87. The van der Waals surface area contributed by atoms with Gasteiger partial charge in [0, 0.05) is 31.9 Å². The average Bonchev–Trinajstić information content (AvgIpc) is 3.29. The minimum Gasteiger partial charge on any atom is -0.482 e. The molecular formula is C16H23N5O3. The van der Waals surface area contributed by atoms with Gasteiger partial charge in [-0.2, -0.15) is 10.2 Å². The van der Waals surface area contributed by atoms with E-state index in [2.05, 4.69) is 15.5 Å². The molecule has 2 atom stereocenters. The molecule has 0 radical (unpaired) electrons. The molecule has 24 heavy (non-hydrogen) atoms. The highest BCUT2D eigenvalue weighted by Gasteiger charge is 2.31. The first-order valence-electron chi connectivity index (χ1n) is 8.19. The predicted octanol–water partition coefficient (Wildman–Crippen LogP) is 0.532. The summed E-state index contributed by atoms with van der Waals surface area (Å²) in [5.41, 5.74) is 1.03. The molecule has 1 amide bonds. The second-order valence-electron chi connectivity index (χ2n) is 5.85. The lowest BCUT2D eigenvalue weighted by atomic mass is 10.2. The molecule has 3 rings (SSSR count). The molecular weight excluding hydrogens is 310 g/mol. The third-order valence-electron chi connectivity index (χ3n) is 4.13. The molecule has 8 nitrogen and oxygen atoms in total. The van der Waals surface area contributed by atoms with Gasteiger partial charge in [0.25, 0.3) is 0 Å². The van der Waals surface area contributed by atoms with E-state index in [1.165, 1.54) is 0 Å². The zero-order chi connectivity index (χ0) is 16.9. The van der Waals surface area contributed by atoms with Crippen LogP contribution < -0.4 is 10.1 Å². The summed E-state index contributed by atoms with van der Waals surface area (Å²) in [6, 6.07) is 1.78. The maximum Gasteiger partial charge on any atom is 0.220 e. The standard InChI is InChI=1S/C16H23N5O3/c1-3-21-9-13(8-18-21)24-15-11-23-10-14(15)19-16(22)5-4-12-6-7-17-20(12)2/h6-9,14-15H,3-5,10-11H2,1-2H3,(H,19,22)/t14-,15+/m0/s1. The van der Waals surface area contributed by atoms with Crippen LogP contribution in [0.1, 0.15) is 19.0 Å². The van der Waals surface area contributed by atoms with E-state index in [0.717, 1.165) is 12.2 Å². The zero-order valence-corrected chi connectivity index (χ0v) is 14.0. The van der Waals surface area contributed by atoms with Crippen molar-refractivity contribution in [3.63, 3.8) is 0 Å². The second kappa shape index (κ2) is 7.48. The molecule has 1 aliphatic heterocycles. The number of nitrogens with zero attached hydrogens (tertiary/aromatic N) is 4. The molecule has 0 saturated carbocycles. The molecule has 1 N–H and O–H groups in total. The van der Waals surface area contributed by atoms with E-state index in [1.807, 2.05) is 26.2 Å². The van der Waals surface area contributed by atoms with E-state index in [1.54, 1.807) is 21.8 Å². The molecule has 0 bridgehead atoms. The summed E-state index contributed by atoms with van der Waals surface area (Å²) in [6.07, 6.45) is 6.14. The van der Waals surface area contributed by atoms with E-state index in [9.17, 15) is 4.79 Å². The average molecular weight is 333 g/mol.